The molecule has 0 fully saturated rings. The average molecular weight is 435 g/mol. The van der Waals surface area contributed by atoms with Crippen molar-refractivity contribution in [1.82, 2.24) is 0 Å². The number of esters is 2. The molecule has 0 saturated heterocycles. The molecule has 1 rings (SSSR count). The Bertz CT molecular complexity index is 599. The van der Waals surface area contributed by atoms with Crippen molar-refractivity contribution in [1.29, 1.82) is 0 Å². The van der Waals surface area contributed by atoms with Gasteiger partial charge in [0.2, 0.25) is 0 Å². The Balaban J connectivity index is 1.92. The molecular weight excluding hydrogens is 392 g/mol. The van der Waals surface area contributed by atoms with Crippen LogP contribution < -0.4 is 9.47 Å². The van der Waals surface area contributed by atoms with Crippen LogP contribution in [0.4, 0.5) is 0 Å². The van der Waals surface area contributed by atoms with Crippen molar-refractivity contribution in [2.24, 2.45) is 0 Å². The second-order valence-corrected chi connectivity index (χ2v) is 8.09. The molecule has 0 N–H and O–H groups in total. The van der Waals surface area contributed by atoms with Gasteiger partial charge in [-0.3, -0.25) is 9.59 Å². The second-order valence-electron chi connectivity index (χ2n) is 8.09. The summed E-state index contributed by atoms with van der Waals surface area (Å²) < 4.78 is 15.8. The van der Waals surface area contributed by atoms with Crippen molar-refractivity contribution >= 4 is 11.9 Å². The number of unbranched alkanes of at least 4 members (excludes halogenated alkanes) is 11. The van der Waals surface area contributed by atoms with Crippen LogP contribution in [0.5, 0.6) is 11.5 Å². The molecule has 0 bridgehead atoms. The van der Waals surface area contributed by atoms with Crippen molar-refractivity contribution in [3.05, 3.63) is 24.3 Å². The molecule has 1 aromatic rings. The zero-order valence-corrected chi connectivity index (χ0v) is 19.7. The summed E-state index contributed by atoms with van der Waals surface area (Å²) in [4.78, 5) is 23.7. The molecule has 0 amide bonds. The molecule has 5 heteroatoms. The van der Waals surface area contributed by atoms with E-state index in [4.69, 9.17) is 14.2 Å². The summed E-state index contributed by atoms with van der Waals surface area (Å²) >= 11 is 0. The van der Waals surface area contributed by atoms with Gasteiger partial charge in [0.25, 0.3) is 0 Å². The van der Waals surface area contributed by atoms with E-state index in [1.807, 2.05) is 6.07 Å². The van der Waals surface area contributed by atoms with Crippen LogP contribution in [-0.4, -0.2) is 25.7 Å². The third-order valence-electron chi connectivity index (χ3n) is 5.32. The number of hydrogen-bond acceptors (Lipinski definition) is 5. The minimum absolute atomic E-state index is 0.132. The molecular formula is C26H42O5. The van der Waals surface area contributed by atoms with Gasteiger partial charge in [-0.2, -0.15) is 0 Å². The second kappa shape index (κ2) is 18.7. The summed E-state index contributed by atoms with van der Waals surface area (Å²) in [6.07, 6.45) is 15.7. The summed E-state index contributed by atoms with van der Waals surface area (Å²) in [5, 5.41) is 0. The van der Waals surface area contributed by atoms with Gasteiger partial charge in [-0.15, -0.1) is 0 Å². The van der Waals surface area contributed by atoms with Gasteiger partial charge >= 0.3 is 11.9 Å². The van der Waals surface area contributed by atoms with E-state index in [0.717, 1.165) is 25.7 Å². The normalized spacial score (nSPS) is 10.6. The van der Waals surface area contributed by atoms with Crippen LogP contribution in [0.25, 0.3) is 0 Å². The first-order valence-electron chi connectivity index (χ1n) is 12.2. The third kappa shape index (κ3) is 14.6. The van der Waals surface area contributed by atoms with Crippen LogP contribution in [0, 0.1) is 0 Å². The minimum Gasteiger partial charge on any atom is -0.493 e. The van der Waals surface area contributed by atoms with Gasteiger partial charge in [0, 0.05) is 12.8 Å². The Kier molecular flexibility index (Phi) is 16.3. The zero-order chi connectivity index (χ0) is 22.6. The number of para-hydroxylation sites is 2. The predicted molar refractivity (Wildman–Crippen MR) is 125 cm³/mol. The van der Waals surface area contributed by atoms with Crippen molar-refractivity contribution in [3.8, 4) is 11.5 Å². The summed E-state index contributed by atoms with van der Waals surface area (Å²) in [5.74, 6) is 0.562. The number of carbonyl (C=O) groups is 2. The molecule has 0 aliphatic heterocycles. The molecule has 0 heterocycles. The first-order valence-corrected chi connectivity index (χ1v) is 12.2. The van der Waals surface area contributed by atoms with E-state index in [1.54, 1.807) is 25.3 Å². The number of benzene rings is 1. The Hall–Kier alpha value is -2.04. The Labute approximate surface area is 188 Å². The Morgan fingerprint density at radius 3 is 1.81 bits per heavy atom. The number of rotatable bonds is 19. The van der Waals surface area contributed by atoms with E-state index in [-0.39, 0.29) is 11.9 Å². The van der Waals surface area contributed by atoms with E-state index in [1.165, 1.54) is 51.4 Å². The van der Waals surface area contributed by atoms with Gasteiger partial charge in [0.15, 0.2) is 11.5 Å². The molecule has 0 aromatic heterocycles. The zero-order valence-electron chi connectivity index (χ0n) is 19.7. The van der Waals surface area contributed by atoms with E-state index >= 15 is 0 Å². The largest absolute Gasteiger partial charge is 0.493 e. The van der Waals surface area contributed by atoms with Gasteiger partial charge in [-0.1, -0.05) is 83.3 Å². The molecule has 0 unspecified atom stereocenters. The van der Waals surface area contributed by atoms with E-state index in [2.05, 4.69) is 6.92 Å². The summed E-state index contributed by atoms with van der Waals surface area (Å²) in [6.45, 7) is 2.78. The molecule has 0 radical (unpaired) electrons. The SMILES string of the molecule is CCCCCCCCCCCCOC(=O)CCCCCC(=O)Oc1ccccc1OC. The monoisotopic (exact) mass is 434 g/mol. The van der Waals surface area contributed by atoms with Crippen LogP contribution >= 0.6 is 0 Å². The molecule has 0 spiro atoms. The van der Waals surface area contributed by atoms with Crippen LogP contribution in [0.1, 0.15) is 103 Å². The quantitative estimate of drug-likeness (QED) is 0.133. The maximum atomic E-state index is 11.9. The van der Waals surface area contributed by atoms with E-state index in [9.17, 15) is 9.59 Å². The summed E-state index contributed by atoms with van der Waals surface area (Å²) in [7, 11) is 1.54. The highest BCUT2D eigenvalue weighted by Gasteiger charge is 2.09. The van der Waals surface area contributed by atoms with Gasteiger partial charge in [-0.05, 0) is 31.4 Å². The molecule has 1 aromatic carbocycles. The molecule has 0 aliphatic carbocycles. The van der Waals surface area contributed by atoms with Crippen LogP contribution in [0.15, 0.2) is 24.3 Å². The maximum absolute atomic E-state index is 11.9. The van der Waals surface area contributed by atoms with Crippen LogP contribution in [0.3, 0.4) is 0 Å². The fourth-order valence-corrected chi connectivity index (χ4v) is 3.44. The summed E-state index contributed by atoms with van der Waals surface area (Å²) in [5.41, 5.74) is 0. The molecule has 0 aliphatic rings. The first kappa shape index (κ1) is 27.0. The standard InChI is InChI=1S/C26H42O5/c1-3-4-5-6-7-8-9-10-11-17-22-30-25(27)20-13-12-14-21-26(28)31-24-19-16-15-18-23(24)29-2/h15-16,18-19H,3-14,17,20-22H2,1-2H3. The minimum atomic E-state index is -0.284. The number of hydrogen-bond donors (Lipinski definition) is 0. The lowest BCUT2D eigenvalue weighted by molar-refractivity contribution is -0.143. The highest BCUT2D eigenvalue weighted by molar-refractivity contribution is 5.73. The number of carbonyl (C=O) groups excluding carboxylic acids is 2. The highest BCUT2D eigenvalue weighted by Crippen LogP contribution is 2.26. The van der Waals surface area contributed by atoms with Crippen LogP contribution in [-0.2, 0) is 14.3 Å². The Morgan fingerprint density at radius 2 is 1.19 bits per heavy atom. The maximum Gasteiger partial charge on any atom is 0.311 e. The van der Waals surface area contributed by atoms with E-state index in [0.29, 0.717) is 37.4 Å². The van der Waals surface area contributed by atoms with Gasteiger partial charge in [0.1, 0.15) is 0 Å². The molecule has 0 atom stereocenters. The predicted octanol–water partition coefficient (Wildman–Crippen LogP) is 7.02. The third-order valence-corrected chi connectivity index (χ3v) is 5.32. The first-order chi connectivity index (χ1) is 15.2. The topological polar surface area (TPSA) is 61.8 Å². The van der Waals surface area contributed by atoms with Crippen molar-refractivity contribution in [3.63, 3.8) is 0 Å². The highest BCUT2D eigenvalue weighted by atomic mass is 16.6. The van der Waals surface area contributed by atoms with Gasteiger partial charge in [0.05, 0.1) is 13.7 Å². The molecule has 31 heavy (non-hydrogen) atoms. The average Bonchev–Trinajstić information content (AvgIpc) is 2.77. The van der Waals surface area contributed by atoms with Crippen LogP contribution in [0.2, 0.25) is 0 Å². The van der Waals surface area contributed by atoms with Gasteiger partial charge in [-0.25, -0.2) is 0 Å². The molecule has 176 valence electrons. The molecule has 5 nitrogen and oxygen atoms in total. The summed E-state index contributed by atoms with van der Waals surface area (Å²) in [6, 6.07) is 7.09. The lowest BCUT2D eigenvalue weighted by Crippen LogP contribution is -2.09. The smallest absolute Gasteiger partial charge is 0.311 e. The van der Waals surface area contributed by atoms with Crippen molar-refractivity contribution in [2.75, 3.05) is 13.7 Å². The van der Waals surface area contributed by atoms with Crippen molar-refractivity contribution < 1.29 is 23.8 Å². The molecule has 0 saturated carbocycles. The lowest BCUT2D eigenvalue weighted by atomic mass is 10.1. The van der Waals surface area contributed by atoms with Crippen molar-refractivity contribution in [2.45, 2.75) is 103 Å². The fourth-order valence-electron chi connectivity index (χ4n) is 3.44. The lowest BCUT2D eigenvalue weighted by Gasteiger charge is -2.08. The van der Waals surface area contributed by atoms with Gasteiger partial charge < -0.3 is 14.2 Å². The van der Waals surface area contributed by atoms with E-state index < -0.39 is 0 Å². The fraction of sp³-hybridized carbons (Fsp3) is 0.692. The number of methoxy groups -OCH3 is 1. The number of ether oxygens (including phenoxy) is 3. The Morgan fingerprint density at radius 1 is 0.677 bits per heavy atom.